The number of carbonyl (C=O) groups excluding carboxylic acids is 2. The highest BCUT2D eigenvalue weighted by atomic mass is 79.9. The topological polar surface area (TPSA) is 73.7 Å². The lowest BCUT2D eigenvalue weighted by atomic mass is 9.96. The van der Waals surface area contributed by atoms with Crippen molar-refractivity contribution in [3.05, 3.63) is 65.5 Å². The number of hydrogen-bond donors (Lipinski definition) is 1. The van der Waals surface area contributed by atoms with Crippen LogP contribution in [0.3, 0.4) is 0 Å². The monoisotopic (exact) mass is 573 g/mol. The average Bonchev–Trinajstić information content (AvgIpc) is 3.27. The number of anilines is 1. The Morgan fingerprint density at radius 2 is 1.83 bits per heavy atom. The molecule has 6 nitrogen and oxygen atoms in total. The number of nitrogens with zero attached hydrogens (tertiary/aromatic N) is 3. The van der Waals surface area contributed by atoms with Crippen LogP contribution in [-0.2, 0) is 9.59 Å². The van der Waals surface area contributed by atoms with Gasteiger partial charge in [0.25, 0.3) is 5.91 Å². The van der Waals surface area contributed by atoms with Crippen LogP contribution in [0, 0.1) is 5.82 Å². The Morgan fingerprint density at radius 3 is 2.54 bits per heavy atom. The van der Waals surface area contributed by atoms with E-state index in [0.717, 1.165) is 15.8 Å². The van der Waals surface area contributed by atoms with Crippen LogP contribution in [0.4, 0.5) is 9.39 Å². The van der Waals surface area contributed by atoms with Gasteiger partial charge in [0, 0.05) is 37.1 Å². The van der Waals surface area contributed by atoms with Crippen LogP contribution in [0.25, 0.3) is 32.8 Å². The molecular weight excluding hydrogens is 557 g/mol. The minimum absolute atomic E-state index is 0.0185. The molecule has 0 atom stereocenters. The van der Waals surface area contributed by atoms with Gasteiger partial charge in [-0.2, -0.15) is 4.37 Å². The second-order valence-electron chi connectivity index (χ2n) is 8.18. The minimum Gasteiger partial charge on any atom is -0.508 e. The highest BCUT2D eigenvalue weighted by Crippen LogP contribution is 2.43. The molecule has 5 rings (SSSR count). The largest absolute Gasteiger partial charge is 0.508 e. The molecular formula is C25H18BrClFN3O3S. The number of piperazine rings is 1. The van der Waals surface area contributed by atoms with Gasteiger partial charge in [-0.1, -0.05) is 42.4 Å². The van der Waals surface area contributed by atoms with E-state index in [9.17, 15) is 14.7 Å². The van der Waals surface area contributed by atoms with Crippen LogP contribution in [0.1, 0.15) is 0 Å². The molecule has 0 spiro atoms. The quantitative estimate of drug-likeness (QED) is 0.146. The molecule has 2 heterocycles. The van der Waals surface area contributed by atoms with E-state index in [4.69, 9.17) is 11.6 Å². The number of amides is 1. The first-order valence-corrected chi connectivity index (χ1v) is 12.6. The van der Waals surface area contributed by atoms with E-state index in [1.807, 2.05) is 29.2 Å². The average molecular weight is 575 g/mol. The second kappa shape index (κ2) is 9.22. The van der Waals surface area contributed by atoms with Gasteiger partial charge in [-0.15, -0.1) is 0 Å². The maximum absolute atomic E-state index is 15.8. The maximum Gasteiger partial charge on any atom is 0.257 e. The summed E-state index contributed by atoms with van der Waals surface area (Å²) in [5, 5.41) is 13.3. The third-order valence-electron chi connectivity index (χ3n) is 6.11. The van der Waals surface area contributed by atoms with Crippen molar-refractivity contribution in [2.45, 2.75) is 0 Å². The zero-order chi connectivity index (χ0) is 24.9. The Kier molecular flexibility index (Phi) is 6.25. The Labute approximate surface area is 217 Å². The van der Waals surface area contributed by atoms with Gasteiger partial charge in [-0.3, -0.25) is 9.59 Å². The molecule has 0 saturated carbocycles. The summed E-state index contributed by atoms with van der Waals surface area (Å²) in [6.07, 6.45) is 0. The molecule has 1 N–H and O–H groups in total. The lowest BCUT2D eigenvalue weighted by Crippen LogP contribution is -2.49. The van der Waals surface area contributed by atoms with Crippen LogP contribution >= 0.6 is 39.1 Å². The highest BCUT2D eigenvalue weighted by molar-refractivity contribution is 9.18. The molecule has 1 aliphatic heterocycles. The fourth-order valence-corrected chi connectivity index (χ4v) is 5.73. The Balaban J connectivity index is 1.50. The summed E-state index contributed by atoms with van der Waals surface area (Å²) >= 11 is 10.6. The van der Waals surface area contributed by atoms with Crippen molar-refractivity contribution in [2.75, 3.05) is 31.1 Å². The summed E-state index contributed by atoms with van der Waals surface area (Å²) in [6, 6.07) is 12.2. The fraction of sp³-hybridized carbons (Fsp3) is 0.160. The highest BCUT2D eigenvalue weighted by Gasteiger charge is 2.28. The van der Waals surface area contributed by atoms with Crippen molar-refractivity contribution < 1.29 is 19.1 Å². The summed E-state index contributed by atoms with van der Waals surface area (Å²) in [4.78, 5) is 27.4. The van der Waals surface area contributed by atoms with Gasteiger partial charge < -0.3 is 14.9 Å². The third-order valence-corrected chi connectivity index (χ3v) is 7.81. The van der Waals surface area contributed by atoms with Gasteiger partial charge in [0.05, 0.1) is 10.6 Å². The summed E-state index contributed by atoms with van der Waals surface area (Å²) in [6.45, 7) is 5.30. The standard InChI is InChI=1S/C25H18BrClFN3O3S/c1-13(23(26)33)24(34)30-6-8-31(9-7-30)25-18-12-19(27)20(21(28)22(18)29-35-25)17-11-15(32)10-14-4-2-3-5-16(14)17/h2-5,10-12,32H,1,6-9H2. The molecule has 1 aromatic heterocycles. The fourth-order valence-electron chi connectivity index (χ4n) is 4.36. The number of phenols is 1. The molecule has 0 aliphatic carbocycles. The van der Waals surface area contributed by atoms with Gasteiger partial charge in [0.15, 0.2) is 5.82 Å². The van der Waals surface area contributed by atoms with Crippen molar-refractivity contribution in [2.24, 2.45) is 0 Å². The first-order valence-electron chi connectivity index (χ1n) is 10.7. The number of phenolic OH excluding ortho intramolecular Hbond substituents is 1. The lowest BCUT2D eigenvalue weighted by molar-refractivity contribution is -0.128. The third kappa shape index (κ3) is 4.17. The smallest absolute Gasteiger partial charge is 0.257 e. The van der Waals surface area contributed by atoms with Gasteiger partial charge in [0.1, 0.15) is 16.3 Å². The number of aromatic hydroxyl groups is 1. The molecule has 35 heavy (non-hydrogen) atoms. The van der Waals surface area contributed by atoms with Crippen LogP contribution in [0.2, 0.25) is 5.02 Å². The number of halogens is 3. The number of hydrogen-bond acceptors (Lipinski definition) is 6. The van der Waals surface area contributed by atoms with Crippen molar-refractivity contribution in [3.8, 4) is 16.9 Å². The number of fused-ring (bicyclic) bond motifs is 2. The molecule has 4 aromatic rings. The van der Waals surface area contributed by atoms with E-state index < -0.39 is 16.4 Å². The summed E-state index contributed by atoms with van der Waals surface area (Å²) in [5.41, 5.74) is 0.779. The van der Waals surface area contributed by atoms with E-state index in [1.54, 1.807) is 17.0 Å². The molecule has 1 aliphatic rings. The van der Waals surface area contributed by atoms with Gasteiger partial charge in [-0.25, -0.2) is 4.39 Å². The van der Waals surface area contributed by atoms with Crippen molar-refractivity contribution in [1.29, 1.82) is 0 Å². The number of rotatable bonds is 4. The zero-order valence-corrected chi connectivity index (χ0v) is 21.4. The summed E-state index contributed by atoms with van der Waals surface area (Å²) < 4.78 is 19.7. The Bertz CT molecular complexity index is 1530. The molecule has 1 saturated heterocycles. The molecule has 0 radical (unpaired) electrons. The first-order chi connectivity index (χ1) is 16.8. The number of carbonyl (C=O) groups is 2. The molecule has 178 valence electrons. The van der Waals surface area contributed by atoms with Gasteiger partial charge >= 0.3 is 0 Å². The van der Waals surface area contributed by atoms with Crippen LogP contribution in [0.15, 0.2) is 54.6 Å². The number of benzene rings is 3. The molecule has 10 heteroatoms. The van der Waals surface area contributed by atoms with Gasteiger partial charge in [-0.05, 0) is 62.0 Å². The zero-order valence-electron chi connectivity index (χ0n) is 18.2. The van der Waals surface area contributed by atoms with Gasteiger partial charge in [0.2, 0.25) is 4.69 Å². The molecule has 0 bridgehead atoms. The van der Waals surface area contributed by atoms with Crippen LogP contribution in [-0.4, -0.2) is 51.2 Å². The van der Waals surface area contributed by atoms with Crippen molar-refractivity contribution in [1.82, 2.24) is 9.27 Å². The van der Waals surface area contributed by atoms with E-state index in [1.165, 1.54) is 17.6 Å². The molecule has 3 aromatic carbocycles. The normalized spacial score (nSPS) is 14.0. The minimum atomic E-state index is -0.549. The Hall–Kier alpha value is -3.01. The Morgan fingerprint density at radius 1 is 1.11 bits per heavy atom. The maximum atomic E-state index is 15.8. The van der Waals surface area contributed by atoms with Crippen LogP contribution < -0.4 is 4.90 Å². The molecule has 0 unspecified atom stereocenters. The predicted molar refractivity (Wildman–Crippen MR) is 141 cm³/mol. The second-order valence-corrected chi connectivity index (χ2v) is 10.1. The van der Waals surface area contributed by atoms with Crippen LogP contribution in [0.5, 0.6) is 5.75 Å². The summed E-state index contributed by atoms with van der Waals surface area (Å²) in [7, 11) is 0. The van der Waals surface area contributed by atoms with E-state index in [-0.39, 0.29) is 27.4 Å². The van der Waals surface area contributed by atoms with E-state index >= 15 is 4.39 Å². The molecule has 1 amide bonds. The van der Waals surface area contributed by atoms with Crippen molar-refractivity contribution in [3.63, 3.8) is 0 Å². The van der Waals surface area contributed by atoms with E-state index in [2.05, 4.69) is 26.9 Å². The van der Waals surface area contributed by atoms with Crippen molar-refractivity contribution >= 4 is 76.3 Å². The molecule has 1 fully saturated rings. The lowest BCUT2D eigenvalue weighted by Gasteiger charge is -2.35. The number of aromatic nitrogens is 1. The van der Waals surface area contributed by atoms with E-state index in [0.29, 0.717) is 37.1 Å². The predicted octanol–water partition coefficient (Wildman–Crippen LogP) is 5.74. The SMILES string of the molecule is C=C(C(=O)Br)C(=O)N1CCN(c2snc3c(F)c(-c4cc(O)cc5ccccc45)c(Cl)cc23)CC1. The summed E-state index contributed by atoms with van der Waals surface area (Å²) in [5.74, 6) is -0.936. The first kappa shape index (κ1) is 23.7.